The molecule has 3 N–H and O–H groups in total. The summed E-state index contributed by atoms with van der Waals surface area (Å²) in [5.74, 6) is 0.267. The molecule has 1 heterocycles. The molecule has 1 aliphatic heterocycles. The van der Waals surface area contributed by atoms with Crippen molar-refractivity contribution >= 4 is 11.8 Å². The normalized spacial score (nSPS) is 18.3. The summed E-state index contributed by atoms with van der Waals surface area (Å²) in [6.45, 7) is 4.78. The summed E-state index contributed by atoms with van der Waals surface area (Å²) in [6, 6.07) is 6.80. The molecule has 6 nitrogen and oxygen atoms in total. The molecule has 0 radical (unpaired) electrons. The second kappa shape index (κ2) is 7.08. The Bertz CT molecular complexity index is 501. The number of ether oxygens (including phenoxy) is 1. The van der Waals surface area contributed by atoms with E-state index in [9.17, 15) is 9.59 Å². The Labute approximate surface area is 124 Å². The number of benzene rings is 1. The van der Waals surface area contributed by atoms with Crippen molar-refractivity contribution in [3.63, 3.8) is 0 Å². The van der Waals surface area contributed by atoms with Gasteiger partial charge in [-0.1, -0.05) is 0 Å². The third kappa shape index (κ3) is 4.19. The fourth-order valence-electron chi connectivity index (χ4n) is 2.33. The van der Waals surface area contributed by atoms with Crippen LogP contribution < -0.4 is 15.8 Å². The summed E-state index contributed by atoms with van der Waals surface area (Å²) in [6.07, 6.45) is 0.349. The topological polar surface area (TPSA) is 84.7 Å². The average molecular weight is 291 g/mol. The van der Waals surface area contributed by atoms with Crippen LogP contribution in [0.5, 0.6) is 5.75 Å². The molecular formula is C15H21N3O3. The number of hydrogen-bond donors (Lipinski definition) is 2. The van der Waals surface area contributed by atoms with E-state index in [1.807, 2.05) is 11.8 Å². The number of rotatable bonds is 5. The van der Waals surface area contributed by atoms with Gasteiger partial charge in [-0.25, -0.2) is 0 Å². The summed E-state index contributed by atoms with van der Waals surface area (Å²) in [4.78, 5) is 24.9. The van der Waals surface area contributed by atoms with Gasteiger partial charge in [-0.15, -0.1) is 0 Å². The number of hydrogen-bond acceptors (Lipinski definition) is 4. The Morgan fingerprint density at radius 3 is 2.71 bits per heavy atom. The van der Waals surface area contributed by atoms with Gasteiger partial charge in [-0.3, -0.25) is 9.59 Å². The van der Waals surface area contributed by atoms with Crippen LogP contribution in [-0.2, 0) is 4.79 Å². The zero-order valence-electron chi connectivity index (χ0n) is 12.2. The predicted molar refractivity (Wildman–Crippen MR) is 79.1 cm³/mol. The van der Waals surface area contributed by atoms with E-state index in [0.717, 1.165) is 19.6 Å². The van der Waals surface area contributed by atoms with Crippen LogP contribution in [0.3, 0.4) is 0 Å². The molecule has 114 valence electrons. The number of nitrogens with one attached hydrogen (secondary N) is 1. The molecule has 2 rings (SSSR count). The molecule has 21 heavy (non-hydrogen) atoms. The minimum Gasteiger partial charge on any atom is -0.493 e. The zero-order chi connectivity index (χ0) is 15.2. The maximum absolute atomic E-state index is 12.1. The van der Waals surface area contributed by atoms with Gasteiger partial charge < -0.3 is 20.7 Å². The van der Waals surface area contributed by atoms with Crippen LogP contribution in [0.2, 0.25) is 0 Å². The Balaban J connectivity index is 1.78. The van der Waals surface area contributed by atoms with Crippen LogP contribution in [0.15, 0.2) is 24.3 Å². The molecular weight excluding hydrogens is 270 g/mol. The van der Waals surface area contributed by atoms with Crippen molar-refractivity contribution in [1.29, 1.82) is 0 Å². The van der Waals surface area contributed by atoms with Crippen LogP contribution >= 0.6 is 0 Å². The highest BCUT2D eigenvalue weighted by Crippen LogP contribution is 2.12. The third-order valence-electron chi connectivity index (χ3n) is 3.55. The first-order valence-electron chi connectivity index (χ1n) is 7.11. The minimum absolute atomic E-state index is 0.109. The van der Waals surface area contributed by atoms with E-state index in [4.69, 9.17) is 10.5 Å². The van der Waals surface area contributed by atoms with Gasteiger partial charge in [-0.2, -0.15) is 0 Å². The smallest absolute Gasteiger partial charge is 0.248 e. The standard InChI is InChI=1S/C15H21N3O3/c1-11-10-17-7-8-18(11)14(19)6-9-21-13-4-2-12(3-5-13)15(16)20/h2-5,11,17H,6-10H2,1H3,(H2,16,20)/t11-/m1/s1. The number of primary amides is 1. The number of piperazine rings is 1. The largest absolute Gasteiger partial charge is 0.493 e. The Hall–Kier alpha value is -2.08. The predicted octanol–water partition coefficient (Wildman–Crippen LogP) is 0.375. The van der Waals surface area contributed by atoms with Gasteiger partial charge in [0, 0.05) is 31.2 Å². The summed E-state index contributed by atoms with van der Waals surface area (Å²) < 4.78 is 5.52. The van der Waals surface area contributed by atoms with E-state index in [0.29, 0.717) is 24.3 Å². The maximum atomic E-state index is 12.1. The van der Waals surface area contributed by atoms with Gasteiger partial charge in [0.1, 0.15) is 5.75 Å². The molecule has 0 bridgehead atoms. The second-order valence-electron chi connectivity index (χ2n) is 5.13. The molecule has 0 aliphatic carbocycles. The SMILES string of the molecule is C[C@@H]1CNCCN1C(=O)CCOc1ccc(C(N)=O)cc1. The fourth-order valence-corrected chi connectivity index (χ4v) is 2.33. The van der Waals surface area contributed by atoms with E-state index >= 15 is 0 Å². The number of carbonyl (C=O) groups is 2. The molecule has 0 aromatic heterocycles. The molecule has 1 aromatic rings. The van der Waals surface area contributed by atoms with Crippen molar-refractivity contribution in [3.8, 4) is 5.75 Å². The quantitative estimate of drug-likeness (QED) is 0.821. The third-order valence-corrected chi connectivity index (χ3v) is 3.55. The molecule has 0 unspecified atom stereocenters. The van der Waals surface area contributed by atoms with Crippen LogP contribution in [0.1, 0.15) is 23.7 Å². The Morgan fingerprint density at radius 2 is 2.10 bits per heavy atom. The fraction of sp³-hybridized carbons (Fsp3) is 0.467. The Morgan fingerprint density at radius 1 is 1.38 bits per heavy atom. The van der Waals surface area contributed by atoms with E-state index in [2.05, 4.69) is 5.32 Å². The van der Waals surface area contributed by atoms with Crippen molar-refractivity contribution < 1.29 is 14.3 Å². The van der Waals surface area contributed by atoms with Crippen LogP contribution in [0, 0.1) is 0 Å². The van der Waals surface area contributed by atoms with E-state index < -0.39 is 5.91 Å². The van der Waals surface area contributed by atoms with Crippen molar-refractivity contribution in [1.82, 2.24) is 10.2 Å². The van der Waals surface area contributed by atoms with Gasteiger partial charge in [0.25, 0.3) is 0 Å². The molecule has 2 amide bonds. The second-order valence-corrected chi connectivity index (χ2v) is 5.13. The lowest BCUT2D eigenvalue weighted by atomic mass is 10.2. The van der Waals surface area contributed by atoms with Crippen molar-refractivity contribution in [2.24, 2.45) is 5.73 Å². The maximum Gasteiger partial charge on any atom is 0.248 e. The molecule has 1 fully saturated rings. The van der Waals surface area contributed by atoms with E-state index in [1.165, 1.54) is 0 Å². The van der Waals surface area contributed by atoms with E-state index in [1.54, 1.807) is 24.3 Å². The first-order valence-corrected chi connectivity index (χ1v) is 7.11. The highest BCUT2D eigenvalue weighted by molar-refractivity contribution is 5.92. The van der Waals surface area contributed by atoms with Gasteiger partial charge in [0.05, 0.1) is 13.0 Å². The lowest BCUT2D eigenvalue weighted by Crippen LogP contribution is -2.52. The van der Waals surface area contributed by atoms with Gasteiger partial charge in [-0.05, 0) is 31.2 Å². The minimum atomic E-state index is -0.468. The number of nitrogens with zero attached hydrogens (tertiary/aromatic N) is 1. The van der Waals surface area contributed by atoms with Crippen molar-refractivity contribution in [3.05, 3.63) is 29.8 Å². The van der Waals surface area contributed by atoms with Gasteiger partial charge in [0.2, 0.25) is 11.8 Å². The number of nitrogens with two attached hydrogens (primary N) is 1. The van der Waals surface area contributed by atoms with E-state index in [-0.39, 0.29) is 11.9 Å². The highest BCUT2D eigenvalue weighted by Gasteiger charge is 2.22. The van der Waals surface area contributed by atoms with Crippen LogP contribution in [0.4, 0.5) is 0 Å². The summed E-state index contributed by atoms with van der Waals surface area (Å²) in [5.41, 5.74) is 5.60. The monoisotopic (exact) mass is 291 g/mol. The Kier molecular flexibility index (Phi) is 5.16. The van der Waals surface area contributed by atoms with Crippen molar-refractivity contribution in [2.75, 3.05) is 26.2 Å². The number of amides is 2. The first-order chi connectivity index (χ1) is 10.1. The average Bonchev–Trinajstić information content (AvgIpc) is 2.48. The lowest BCUT2D eigenvalue weighted by Gasteiger charge is -2.34. The first kappa shape index (κ1) is 15.3. The van der Waals surface area contributed by atoms with Crippen molar-refractivity contribution in [2.45, 2.75) is 19.4 Å². The molecule has 0 spiro atoms. The molecule has 1 aromatic carbocycles. The molecule has 0 saturated carbocycles. The van der Waals surface area contributed by atoms with Crippen LogP contribution in [-0.4, -0.2) is 49.0 Å². The molecule has 1 saturated heterocycles. The summed E-state index contributed by atoms with van der Waals surface area (Å²) >= 11 is 0. The number of carbonyl (C=O) groups excluding carboxylic acids is 2. The molecule has 1 atom stereocenters. The highest BCUT2D eigenvalue weighted by atomic mass is 16.5. The summed E-state index contributed by atoms with van der Waals surface area (Å²) in [5, 5.41) is 3.25. The van der Waals surface area contributed by atoms with Crippen LogP contribution in [0.25, 0.3) is 0 Å². The lowest BCUT2D eigenvalue weighted by molar-refractivity contribution is -0.134. The van der Waals surface area contributed by atoms with Gasteiger partial charge in [0.15, 0.2) is 0 Å². The van der Waals surface area contributed by atoms with Gasteiger partial charge >= 0.3 is 0 Å². The summed E-state index contributed by atoms with van der Waals surface area (Å²) in [7, 11) is 0. The zero-order valence-corrected chi connectivity index (χ0v) is 12.2. The molecule has 1 aliphatic rings. The molecule has 6 heteroatoms.